The van der Waals surface area contributed by atoms with Crippen LogP contribution in [0.15, 0.2) is 47.6 Å². The number of rotatable bonds is 8. The highest BCUT2D eigenvalue weighted by Gasteiger charge is 2.08. The number of carbonyl (C=O) groups is 2. The molecule has 148 valence electrons. The van der Waals surface area contributed by atoms with Gasteiger partial charge in [0.05, 0.1) is 19.9 Å². The summed E-state index contributed by atoms with van der Waals surface area (Å²) in [5.41, 5.74) is 2.67. The minimum atomic E-state index is -0.357. The van der Waals surface area contributed by atoms with Crippen molar-refractivity contribution in [3.8, 4) is 11.5 Å². The quantitative estimate of drug-likeness (QED) is 0.538. The van der Waals surface area contributed by atoms with E-state index in [4.69, 9.17) is 14.3 Å². The van der Waals surface area contributed by atoms with Crippen LogP contribution in [0.2, 0.25) is 0 Å². The summed E-state index contributed by atoms with van der Waals surface area (Å²) in [6, 6.07) is 12.2. The van der Waals surface area contributed by atoms with Crippen molar-refractivity contribution in [2.45, 2.75) is 13.8 Å². The van der Waals surface area contributed by atoms with Crippen LogP contribution in [0.1, 0.15) is 19.4 Å². The van der Waals surface area contributed by atoms with E-state index < -0.39 is 0 Å². The maximum absolute atomic E-state index is 12.0. The first-order valence-corrected chi connectivity index (χ1v) is 8.49. The monoisotopic (exact) mass is 385 g/mol. The number of amides is 2. The highest BCUT2D eigenvalue weighted by molar-refractivity contribution is 5.99. The van der Waals surface area contributed by atoms with Crippen molar-refractivity contribution in [1.82, 2.24) is 0 Å². The standard InChI is InChI=1S/C20H23N3O5/c1-13(15-5-7-16(8-6-15)21-14(2)24)23-28-12-20(25)22-17-9-10-18(26-3)19(11-17)27-4/h5-11H,12H2,1-4H3,(H,21,24)(H,22,25)/b23-13+. The van der Waals surface area contributed by atoms with Gasteiger partial charge in [0, 0.05) is 24.4 Å². The lowest BCUT2D eigenvalue weighted by atomic mass is 10.1. The molecule has 0 heterocycles. The molecule has 0 spiro atoms. The van der Waals surface area contributed by atoms with Crippen LogP contribution < -0.4 is 20.1 Å². The molecule has 2 aromatic carbocycles. The number of carbonyl (C=O) groups excluding carboxylic acids is 2. The third kappa shape index (κ3) is 6.01. The molecule has 0 bridgehead atoms. The van der Waals surface area contributed by atoms with Crippen molar-refractivity contribution in [2.24, 2.45) is 5.16 Å². The molecule has 8 heteroatoms. The lowest BCUT2D eigenvalue weighted by Gasteiger charge is -2.10. The van der Waals surface area contributed by atoms with Crippen molar-refractivity contribution in [3.63, 3.8) is 0 Å². The highest BCUT2D eigenvalue weighted by Crippen LogP contribution is 2.29. The van der Waals surface area contributed by atoms with Crippen LogP contribution in [0.3, 0.4) is 0 Å². The Morgan fingerprint density at radius 3 is 2.14 bits per heavy atom. The molecule has 2 N–H and O–H groups in total. The van der Waals surface area contributed by atoms with Crippen molar-refractivity contribution >= 4 is 28.9 Å². The second kappa shape index (κ2) is 9.96. The van der Waals surface area contributed by atoms with E-state index in [1.165, 1.54) is 21.1 Å². The lowest BCUT2D eigenvalue weighted by Crippen LogP contribution is -2.17. The minimum Gasteiger partial charge on any atom is -0.493 e. The van der Waals surface area contributed by atoms with Gasteiger partial charge in [-0.1, -0.05) is 17.3 Å². The van der Waals surface area contributed by atoms with Crippen LogP contribution in [-0.4, -0.2) is 38.4 Å². The predicted molar refractivity (Wildman–Crippen MR) is 107 cm³/mol. The first-order valence-electron chi connectivity index (χ1n) is 8.49. The molecule has 0 unspecified atom stereocenters. The SMILES string of the molecule is COc1ccc(NC(=O)CO/N=C(\C)c2ccc(NC(C)=O)cc2)cc1OC. The minimum absolute atomic E-state index is 0.137. The average Bonchev–Trinajstić information content (AvgIpc) is 2.67. The van der Waals surface area contributed by atoms with E-state index in [0.29, 0.717) is 28.6 Å². The Morgan fingerprint density at radius 1 is 0.893 bits per heavy atom. The number of anilines is 2. The maximum atomic E-state index is 12.0. The molecule has 0 aliphatic carbocycles. The molecule has 2 amide bonds. The van der Waals surface area contributed by atoms with Crippen LogP contribution in [0.4, 0.5) is 11.4 Å². The summed E-state index contributed by atoms with van der Waals surface area (Å²) in [5, 5.41) is 9.34. The fourth-order valence-electron chi connectivity index (χ4n) is 2.35. The van der Waals surface area contributed by atoms with E-state index in [1.54, 1.807) is 49.4 Å². The van der Waals surface area contributed by atoms with Gasteiger partial charge < -0.3 is 24.9 Å². The van der Waals surface area contributed by atoms with E-state index in [1.807, 2.05) is 0 Å². The summed E-state index contributed by atoms with van der Waals surface area (Å²) >= 11 is 0. The van der Waals surface area contributed by atoms with Crippen LogP contribution in [-0.2, 0) is 14.4 Å². The van der Waals surface area contributed by atoms with E-state index in [0.717, 1.165) is 5.56 Å². The van der Waals surface area contributed by atoms with Gasteiger partial charge in [0.2, 0.25) is 5.91 Å². The zero-order chi connectivity index (χ0) is 20.5. The third-order valence-corrected chi connectivity index (χ3v) is 3.69. The van der Waals surface area contributed by atoms with E-state index in [9.17, 15) is 9.59 Å². The molecule has 0 aliphatic rings. The molecule has 0 saturated heterocycles. The number of methoxy groups -OCH3 is 2. The fourth-order valence-corrected chi connectivity index (χ4v) is 2.35. The molecule has 0 fully saturated rings. The van der Waals surface area contributed by atoms with Crippen LogP contribution in [0.5, 0.6) is 11.5 Å². The maximum Gasteiger partial charge on any atom is 0.265 e. The fraction of sp³-hybridized carbons (Fsp3) is 0.250. The topological polar surface area (TPSA) is 98.3 Å². The Labute approximate surface area is 163 Å². The normalized spacial score (nSPS) is 10.8. The third-order valence-electron chi connectivity index (χ3n) is 3.69. The summed E-state index contributed by atoms with van der Waals surface area (Å²) in [6.07, 6.45) is 0. The van der Waals surface area contributed by atoms with E-state index in [-0.39, 0.29) is 18.4 Å². The van der Waals surface area contributed by atoms with Gasteiger partial charge in [-0.3, -0.25) is 9.59 Å². The number of hydrogen-bond donors (Lipinski definition) is 2. The Morgan fingerprint density at radius 2 is 1.54 bits per heavy atom. The summed E-state index contributed by atoms with van der Waals surface area (Å²) in [5.74, 6) is 0.589. The smallest absolute Gasteiger partial charge is 0.265 e. The van der Waals surface area contributed by atoms with E-state index >= 15 is 0 Å². The van der Waals surface area contributed by atoms with Crippen LogP contribution >= 0.6 is 0 Å². The first-order chi connectivity index (χ1) is 13.4. The van der Waals surface area contributed by atoms with Crippen LogP contribution in [0.25, 0.3) is 0 Å². The Kier molecular flexibility index (Phi) is 7.38. The van der Waals surface area contributed by atoms with Gasteiger partial charge in [0.25, 0.3) is 5.91 Å². The molecule has 28 heavy (non-hydrogen) atoms. The van der Waals surface area contributed by atoms with Gasteiger partial charge >= 0.3 is 0 Å². The van der Waals surface area contributed by atoms with Crippen molar-refractivity contribution in [1.29, 1.82) is 0 Å². The molecule has 2 aromatic rings. The second-order valence-electron chi connectivity index (χ2n) is 5.83. The Hall–Kier alpha value is -3.55. The number of hydrogen-bond acceptors (Lipinski definition) is 6. The molecule has 2 rings (SSSR count). The lowest BCUT2D eigenvalue weighted by molar-refractivity contribution is -0.120. The molecular weight excluding hydrogens is 362 g/mol. The zero-order valence-electron chi connectivity index (χ0n) is 16.2. The molecule has 0 aromatic heterocycles. The molecular formula is C20H23N3O5. The van der Waals surface area contributed by atoms with Gasteiger partial charge in [-0.25, -0.2) is 0 Å². The van der Waals surface area contributed by atoms with Crippen molar-refractivity contribution < 1.29 is 23.9 Å². The van der Waals surface area contributed by atoms with Gasteiger partial charge in [-0.15, -0.1) is 0 Å². The average molecular weight is 385 g/mol. The number of nitrogens with one attached hydrogen (secondary N) is 2. The van der Waals surface area contributed by atoms with E-state index in [2.05, 4.69) is 15.8 Å². The number of ether oxygens (including phenoxy) is 2. The van der Waals surface area contributed by atoms with Crippen molar-refractivity contribution in [3.05, 3.63) is 48.0 Å². The van der Waals surface area contributed by atoms with Crippen molar-refractivity contribution in [2.75, 3.05) is 31.5 Å². The number of benzene rings is 2. The molecule has 0 saturated carbocycles. The zero-order valence-corrected chi connectivity index (χ0v) is 16.2. The first kappa shape index (κ1) is 20.8. The molecule has 0 radical (unpaired) electrons. The molecule has 0 aliphatic heterocycles. The molecule has 0 atom stereocenters. The molecule has 8 nitrogen and oxygen atoms in total. The summed E-state index contributed by atoms with van der Waals surface area (Å²) in [6.45, 7) is 2.97. The van der Waals surface area contributed by atoms with Gasteiger partial charge in [-0.2, -0.15) is 0 Å². The summed E-state index contributed by atoms with van der Waals surface area (Å²) in [4.78, 5) is 28.2. The number of oxime groups is 1. The van der Waals surface area contributed by atoms with Gasteiger partial charge in [-0.05, 0) is 36.8 Å². The number of nitrogens with zero attached hydrogens (tertiary/aromatic N) is 1. The largest absolute Gasteiger partial charge is 0.493 e. The van der Waals surface area contributed by atoms with Gasteiger partial charge in [0.15, 0.2) is 18.1 Å². The summed E-state index contributed by atoms with van der Waals surface area (Å²) < 4.78 is 10.4. The van der Waals surface area contributed by atoms with Crippen LogP contribution in [0, 0.1) is 0 Å². The predicted octanol–water partition coefficient (Wildman–Crippen LogP) is 3.04. The second-order valence-corrected chi connectivity index (χ2v) is 5.83. The Balaban J connectivity index is 1.89. The Bertz CT molecular complexity index is 863. The summed E-state index contributed by atoms with van der Waals surface area (Å²) in [7, 11) is 3.06. The van der Waals surface area contributed by atoms with Gasteiger partial charge in [0.1, 0.15) is 0 Å². The highest BCUT2D eigenvalue weighted by atomic mass is 16.6.